The van der Waals surface area contributed by atoms with Gasteiger partial charge in [0.1, 0.15) is 5.69 Å². The Morgan fingerprint density at radius 3 is 2.96 bits per heavy atom. The van der Waals surface area contributed by atoms with Crippen LogP contribution in [0, 0.1) is 0 Å². The molecule has 0 aliphatic carbocycles. The number of nitrogens with one attached hydrogen (secondary N) is 1. The van der Waals surface area contributed by atoms with Gasteiger partial charge in [-0.3, -0.25) is 4.79 Å². The summed E-state index contributed by atoms with van der Waals surface area (Å²) in [5.41, 5.74) is 3.66. The van der Waals surface area contributed by atoms with E-state index in [0.29, 0.717) is 5.69 Å². The summed E-state index contributed by atoms with van der Waals surface area (Å²) in [5.74, 6) is -0.0298. The molecular weight excluding hydrogens is 314 g/mol. The summed E-state index contributed by atoms with van der Waals surface area (Å²) >= 11 is 0. The lowest BCUT2D eigenvalue weighted by Gasteiger charge is -2.29. The molecule has 0 saturated carbocycles. The van der Waals surface area contributed by atoms with Gasteiger partial charge in [0.25, 0.3) is 5.91 Å². The lowest BCUT2D eigenvalue weighted by Crippen LogP contribution is -2.35. The highest BCUT2D eigenvalue weighted by Gasteiger charge is 2.24. The molecule has 130 valence electrons. The molecule has 1 atom stereocenters. The molecule has 3 heterocycles. The number of ether oxygens (including phenoxy) is 1. The number of rotatable bonds is 4. The number of anilines is 2. The maximum atomic E-state index is 12.9. The van der Waals surface area contributed by atoms with Crippen LogP contribution in [0.2, 0.25) is 0 Å². The zero-order valence-corrected chi connectivity index (χ0v) is 14.3. The number of pyridine rings is 1. The molecule has 25 heavy (non-hydrogen) atoms. The van der Waals surface area contributed by atoms with Gasteiger partial charge in [0.2, 0.25) is 0 Å². The van der Waals surface area contributed by atoms with Gasteiger partial charge < -0.3 is 15.0 Å². The van der Waals surface area contributed by atoms with Crippen LogP contribution < -0.4 is 10.2 Å². The van der Waals surface area contributed by atoms with Crippen LogP contribution in [0.1, 0.15) is 35.3 Å². The van der Waals surface area contributed by atoms with Gasteiger partial charge in [-0.05, 0) is 49.4 Å². The Kier molecular flexibility index (Phi) is 4.65. The van der Waals surface area contributed by atoms with Crippen molar-refractivity contribution >= 4 is 17.3 Å². The van der Waals surface area contributed by atoms with Crippen molar-refractivity contribution in [3.8, 4) is 0 Å². The van der Waals surface area contributed by atoms with E-state index in [-0.39, 0.29) is 12.0 Å². The number of hydrogen-bond acceptors (Lipinski definition) is 4. The van der Waals surface area contributed by atoms with E-state index >= 15 is 0 Å². The first-order chi connectivity index (χ1) is 12.3. The molecule has 4 rings (SSSR count). The van der Waals surface area contributed by atoms with Crippen LogP contribution in [0.4, 0.5) is 11.4 Å². The molecule has 2 aromatic rings. The molecule has 0 radical (unpaired) electrons. The number of fused-ring (bicyclic) bond motifs is 1. The number of aromatic nitrogens is 1. The maximum absolute atomic E-state index is 12.9. The highest BCUT2D eigenvalue weighted by atomic mass is 16.5. The average molecular weight is 337 g/mol. The fourth-order valence-electron chi connectivity index (χ4n) is 3.54. The largest absolute Gasteiger partial charge is 0.381 e. The molecular formula is C20H23N3O2. The van der Waals surface area contributed by atoms with Crippen molar-refractivity contribution in [3.05, 3.63) is 53.9 Å². The van der Waals surface area contributed by atoms with Gasteiger partial charge >= 0.3 is 0 Å². The molecule has 5 nitrogen and oxygen atoms in total. The van der Waals surface area contributed by atoms with Crippen LogP contribution >= 0.6 is 0 Å². The third-order valence-corrected chi connectivity index (χ3v) is 4.90. The summed E-state index contributed by atoms with van der Waals surface area (Å²) in [5, 5.41) is 3.34. The van der Waals surface area contributed by atoms with Crippen molar-refractivity contribution in [2.24, 2.45) is 0 Å². The molecule has 1 saturated heterocycles. The number of carbonyl (C=O) groups is 1. The van der Waals surface area contributed by atoms with Crippen molar-refractivity contribution in [2.45, 2.75) is 31.8 Å². The van der Waals surface area contributed by atoms with Crippen molar-refractivity contribution in [1.82, 2.24) is 4.98 Å². The Hall–Kier alpha value is -2.40. The summed E-state index contributed by atoms with van der Waals surface area (Å²) in [6, 6.07) is 11.8. The fraction of sp³-hybridized carbons (Fsp3) is 0.400. The van der Waals surface area contributed by atoms with Crippen molar-refractivity contribution < 1.29 is 9.53 Å². The topological polar surface area (TPSA) is 54.5 Å². The predicted molar refractivity (Wildman–Crippen MR) is 98.1 cm³/mol. The summed E-state index contributed by atoms with van der Waals surface area (Å²) in [6.45, 7) is 2.39. The van der Waals surface area contributed by atoms with E-state index in [9.17, 15) is 4.79 Å². The van der Waals surface area contributed by atoms with Gasteiger partial charge in [0.15, 0.2) is 0 Å². The summed E-state index contributed by atoms with van der Waals surface area (Å²) in [6.07, 6.45) is 6.27. The number of benzene rings is 1. The van der Waals surface area contributed by atoms with E-state index in [2.05, 4.69) is 16.4 Å². The average Bonchev–Trinajstić information content (AvgIpc) is 3.19. The maximum Gasteiger partial charge on any atom is 0.276 e. The number of nitrogens with zero attached hydrogens (tertiary/aromatic N) is 2. The second-order valence-electron chi connectivity index (χ2n) is 6.64. The highest BCUT2D eigenvalue weighted by Crippen LogP contribution is 2.27. The molecule has 5 heteroatoms. The molecule has 0 spiro atoms. The number of carbonyl (C=O) groups excluding carboxylic acids is 1. The predicted octanol–water partition coefficient (Wildman–Crippen LogP) is 3.27. The molecule has 0 bridgehead atoms. The Morgan fingerprint density at radius 1 is 1.24 bits per heavy atom. The van der Waals surface area contributed by atoms with Gasteiger partial charge in [0, 0.05) is 25.4 Å². The minimum Gasteiger partial charge on any atom is -0.381 e. The van der Waals surface area contributed by atoms with E-state index in [0.717, 1.165) is 56.8 Å². The van der Waals surface area contributed by atoms with Crippen LogP contribution in [-0.4, -0.2) is 36.7 Å². The smallest absolute Gasteiger partial charge is 0.276 e. The first kappa shape index (κ1) is 16.1. The molecule has 1 aromatic carbocycles. The standard InChI is InChI=1S/C20H23N3O2/c24-20(23-11-3-6-15-5-1-2-8-19(15)23)18-10-9-16(13-22-18)21-14-17-7-4-12-25-17/h1-2,5,8-10,13,17,21H,3-4,6-7,11-12,14H2. The zero-order chi connectivity index (χ0) is 17.1. The monoisotopic (exact) mass is 337 g/mol. The first-order valence-corrected chi connectivity index (χ1v) is 9.02. The van der Waals surface area contributed by atoms with E-state index in [4.69, 9.17) is 4.74 Å². The van der Waals surface area contributed by atoms with E-state index < -0.39 is 0 Å². The van der Waals surface area contributed by atoms with Crippen LogP contribution in [0.5, 0.6) is 0 Å². The Bertz CT molecular complexity index is 739. The molecule has 1 fully saturated rings. The molecule has 2 aliphatic heterocycles. The summed E-state index contributed by atoms with van der Waals surface area (Å²) in [7, 11) is 0. The Labute approximate surface area is 148 Å². The van der Waals surface area contributed by atoms with Crippen LogP contribution in [0.25, 0.3) is 0 Å². The van der Waals surface area contributed by atoms with Gasteiger partial charge in [-0.25, -0.2) is 4.98 Å². The SMILES string of the molecule is O=C(c1ccc(NCC2CCCO2)cn1)N1CCCc2ccccc21. The fourth-order valence-corrected chi connectivity index (χ4v) is 3.54. The summed E-state index contributed by atoms with van der Waals surface area (Å²) < 4.78 is 5.61. The Balaban J connectivity index is 1.44. The number of aryl methyl sites for hydroxylation is 1. The van der Waals surface area contributed by atoms with Crippen LogP contribution in [-0.2, 0) is 11.2 Å². The molecule has 2 aliphatic rings. The number of amides is 1. The minimum atomic E-state index is -0.0298. The molecule has 1 amide bonds. The quantitative estimate of drug-likeness (QED) is 0.930. The minimum absolute atomic E-state index is 0.0298. The zero-order valence-electron chi connectivity index (χ0n) is 14.3. The molecule has 1 unspecified atom stereocenters. The van der Waals surface area contributed by atoms with Crippen LogP contribution in [0.3, 0.4) is 0 Å². The lowest BCUT2D eigenvalue weighted by atomic mass is 10.0. The second-order valence-corrected chi connectivity index (χ2v) is 6.64. The van der Waals surface area contributed by atoms with E-state index in [1.807, 2.05) is 29.2 Å². The van der Waals surface area contributed by atoms with Crippen molar-refractivity contribution in [2.75, 3.05) is 29.9 Å². The van der Waals surface area contributed by atoms with Gasteiger partial charge in [-0.2, -0.15) is 0 Å². The first-order valence-electron chi connectivity index (χ1n) is 9.02. The summed E-state index contributed by atoms with van der Waals surface area (Å²) in [4.78, 5) is 19.1. The van der Waals surface area contributed by atoms with Crippen LogP contribution in [0.15, 0.2) is 42.6 Å². The second kappa shape index (κ2) is 7.23. The van der Waals surface area contributed by atoms with E-state index in [1.54, 1.807) is 12.3 Å². The third kappa shape index (κ3) is 3.51. The van der Waals surface area contributed by atoms with Crippen molar-refractivity contribution in [1.29, 1.82) is 0 Å². The third-order valence-electron chi connectivity index (χ3n) is 4.90. The number of para-hydroxylation sites is 1. The van der Waals surface area contributed by atoms with Gasteiger partial charge in [-0.1, -0.05) is 18.2 Å². The molecule has 1 aromatic heterocycles. The lowest BCUT2D eigenvalue weighted by molar-refractivity contribution is 0.0980. The highest BCUT2D eigenvalue weighted by molar-refractivity contribution is 6.05. The normalized spacial score (nSPS) is 19.5. The van der Waals surface area contributed by atoms with Gasteiger partial charge in [0.05, 0.1) is 18.0 Å². The molecule has 1 N–H and O–H groups in total. The van der Waals surface area contributed by atoms with E-state index in [1.165, 1.54) is 5.56 Å². The Morgan fingerprint density at radius 2 is 2.16 bits per heavy atom. The van der Waals surface area contributed by atoms with Gasteiger partial charge in [-0.15, -0.1) is 0 Å². The van der Waals surface area contributed by atoms with Crippen molar-refractivity contribution in [3.63, 3.8) is 0 Å². The number of hydrogen-bond donors (Lipinski definition) is 1.